The van der Waals surface area contributed by atoms with Crippen LogP contribution in [0.2, 0.25) is 0 Å². The Balaban J connectivity index is 1.53. The molecule has 8 nitrogen and oxygen atoms in total. The maximum Gasteiger partial charge on any atom is 0.256 e. The number of hydrogen-bond acceptors (Lipinski definition) is 6. The van der Waals surface area contributed by atoms with E-state index in [4.69, 9.17) is 4.74 Å². The maximum atomic E-state index is 13.3. The van der Waals surface area contributed by atoms with Gasteiger partial charge in [0.15, 0.2) is 4.96 Å². The Kier molecular flexibility index (Phi) is 5.65. The van der Waals surface area contributed by atoms with Gasteiger partial charge < -0.3 is 10.1 Å². The van der Waals surface area contributed by atoms with Gasteiger partial charge in [0, 0.05) is 35.8 Å². The summed E-state index contributed by atoms with van der Waals surface area (Å²) in [4.78, 5) is 18.7. The fraction of sp³-hybridized carbons (Fsp3) is 0.217. The second-order valence-electron chi connectivity index (χ2n) is 7.66. The molecule has 0 unspecified atom stereocenters. The average molecular weight is 483 g/mol. The lowest BCUT2D eigenvalue weighted by molar-refractivity contribution is 0.102. The van der Waals surface area contributed by atoms with E-state index in [1.807, 2.05) is 46.3 Å². The second kappa shape index (κ2) is 8.62. The number of rotatable bonds is 6. The molecule has 0 radical (unpaired) electrons. The fourth-order valence-corrected chi connectivity index (χ4v) is 6.38. The van der Waals surface area contributed by atoms with Crippen LogP contribution in [0.25, 0.3) is 16.2 Å². The zero-order chi connectivity index (χ0) is 23.0. The third-order valence-corrected chi connectivity index (χ3v) is 8.33. The Morgan fingerprint density at radius 1 is 1.12 bits per heavy atom. The summed E-state index contributed by atoms with van der Waals surface area (Å²) in [6.07, 6.45) is 3.48. The van der Waals surface area contributed by atoms with E-state index in [9.17, 15) is 13.2 Å². The van der Waals surface area contributed by atoms with Crippen LogP contribution in [-0.2, 0) is 10.0 Å². The van der Waals surface area contributed by atoms with Gasteiger partial charge in [-0.25, -0.2) is 13.4 Å². The Morgan fingerprint density at radius 3 is 2.61 bits per heavy atom. The minimum Gasteiger partial charge on any atom is -0.495 e. The molecule has 1 fully saturated rings. The number of sulfonamides is 1. The van der Waals surface area contributed by atoms with Crippen molar-refractivity contribution in [3.63, 3.8) is 0 Å². The van der Waals surface area contributed by atoms with E-state index in [1.54, 1.807) is 6.07 Å². The molecule has 0 bridgehead atoms. The van der Waals surface area contributed by atoms with Gasteiger partial charge in [0.2, 0.25) is 10.0 Å². The van der Waals surface area contributed by atoms with Gasteiger partial charge in [0.1, 0.15) is 22.2 Å². The topological polar surface area (TPSA) is 93.0 Å². The molecule has 1 saturated heterocycles. The molecule has 1 aliphatic rings. The van der Waals surface area contributed by atoms with Gasteiger partial charge in [-0.2, -0.15) is 4.31 Å². The van der Waals surface area contributed by atoms with Gasteiger partial charge in [0.05, 0.1) is 7.11 Å². The molecule has 33 heavy (non-hydrogen) atoms. The monoisotopic (exact) mass is 482 g/mol. The minimum atomic E-state index is -3.76. The van der Waals surface area contributed by atoms with Gasteiger partial charge in [-0.3, -0.25) is 9.20 Å². The van der Waals surface area contributed by atoms with Crippen LogP contribution in [0, 0.1) is 0 Å². The normalized spacial score (nSPS) is 14.6. The van der Waals surface area contributed by atoms with Crippen LogP contribution in [-0.4, -0.2) is 48.2 Å². The van der Waals surface area contributed by atoms with Crippen molar-refractivity contribution in [3.05, 3.63) is 65.7 Å². The standard InChI is InChI=1S/C23H22N4O4S2/c1-31-18-10-9-17(15-19(18)33(29,30)26-11-5-6-12-26)22(28)25-21-20(16-7-3-2-4-8-16)24-23-27(21)13-14-32-23/h2-4,7-10,13-15H,5-6,11-12H2,1H3,(H,25,28). The van der Waals surface area contributed by atoms with Crippen molar-refractivity contribution < 1.29 is 17.9 Å². The Morgan fingerprint density at radius 2 is 1.88 bits per heavy atom. The average Bonchev–Trinajstić information content (AvgIpc) is 3.58. The first kappa shape index (κ1) is 21.6. The SMILES string of the molecule is COc1ccc(C(=O)Nc2c(-c3ccccc3)nc3sccn23)cc1S(=O)(=O)N1CCCC1. The van der Waals surface area contributed by atoms with Crippen molar-refractivity contribution in [2.75, 3.05) is 25.5 Å². The number of anilines is 1. The van der Waals surface area contributed by atoms with Gasteiger partial charge in [-0.15, -0.1) is 11.3 Å². The second-order valence-corrected chi connectivity index (χ2v) is 10.4. The van der Waals surface area contributed by atoms with Gasteiger partial charge >= 0.3 is 0 Å². The summed E-state index contributed by atoms with van der Waals surface area (Å²) < 4.78 is 34.9. The summed E-state index contributed by atoms with van der Waals surface area (Å²) in [5.41, 5.74) is 1.74. The van der Waals surface area contributed by atoms with Crippen LogP contribution >= 0.6 is 11.3 Å². The molecule has 1 N–H and O–H groups in total. The number of carbonyl (C=O) groups excluding carboxylic acids is 1. The number of nitrogens with zero attached hydrogens (tertiary/aromatic N) is 3. The van der Waals surface area contributed by atoms with Crippen LogP contribution in [0.15, 0.2) is 65.0 Å². The molecule has 5 rings (SSSR count). The summed E-state index contributed by atoms with van der Waals surface area (Å²) in [7, 11) is -2.34. The predicted octanol–water partition coefficient (Wildman–Crippen LogP) is 4.11. The van der Waals surface area contributed by atoms with E-state index in [1.165, 1.54) is 34.9 Å². The predicted molar refractivity (Wildman–Crippen MR) is 127 cm³/mol. The molecule has 0 aliphatic carbocycles. The molecule has 10 heteroatoms. The number of amides is 1. The molecule has 170 valence electrons. The molecule has 0 spiro atoms. The molecular weight excluding hydrogens is 460 g/mol. The Labute approximate surface area is 195 Å². The molecular formula is C23H22N4O4S2. The lowest BCUT2D eigenvalue weighted by atomic mass is 10.1. The van der Waals surface area contributed by atoms with Crippen molar-refractivity contribution >= 4 is 38.0 Å². The number of fused-ring (bicyclic) bond motifs is 1. The molecule has 1 aliphatic heterocycles. The zero-order valence-electron chi connectivity index (χ0n) is 17.9. The number of thiazole rings is 1. The first-order valence-corrected chi connectivity index (χ1v) is 12.8. The minimum absolute atomic E-state index is 0.00297. The molecule has 1 amide bonds. The number of carbonyl (C=O) groups is 1. The highest BCUT2D eigenvalue weighted by atomic mass is 32.2. The highest BCUT2D eigenvalue weighted by Gasteiger charge is 2.31. The third kappa shape index (κ3) is 3.90. The van der Waals surface area contributed by atoms with Gasteiger partial charge in [0.25, 0.3) is 5.91 Å². The van der Waals surface area contributed by atoms with Gasteiger partial charge in [-0.1, -0.05) is 30.3 Å². The lowest BCUT2D eigenvalue weighted by Gasteiger charge is -2.18. The summed E-state index contributed by atoms with van der Waals surface area (Å²) in [5.74, 6) is 0.316. The van der Waals surface area contributed by atoms with E-state index < -0.39 is 15.9 Å². The number of aromatic nitrogens is 2. The highest BCUT2D eigenvalue weighted by Crippen LogP contribution is 2.33. The van der Waals surface area contributed by atoms with E-state index in [2.05, 4.69) is 10.3 Å². The first-order valence-electron chi connectivity index (χ1n) is 10.5. The van der Waals surface area contributed by atoms with Gasteiger partial charge in [-0.05, 0) is 31.0 Å². The third-order valence-electron chi connectivity index (χ3n) is 5.65. The number of benzene rings is 2. The van der Waals surface area contributed by atoms with E-state index in [0.29, 0.717) is 24.6 Å². The highest BCUT2D eigenvalue weighted by molar-refractivity contribution is 7.89. The van der Waals surface area contributed by atoms with Crippen molar-refractivity contribution in [3.8, 4) is 17.0 Å². The van der Waals surface area contributed by atoms with E-state index in [0.717, 1.165) is 23.4 Å². The number of nitrogens with one attached hydrogen (secondary N) is 1. The Hall–Kier alpha value is -3.21. The summed E-state index contributed by atoms with van der Waals surface area (Å²) in [6, 6.07) is 14.1. The lowest BCUT2D eigenvalue weighted by Crippen LogP contribution is -2.28. The summed E-state index contributed by atoms with van der Waals surface area (Å²) in [6.45, 7) is 0.933. The van der Waals surface area contributed by atoms with Crippen molar-refractivity contribution in [1.29, 1.82) is 0 Å². The number of ether oxygens (including phenoxy) is 1. The summed E-state index contributed by atoms with van der Waals surface area (Å²) in [5, 5.41) is 4.83. The molecule has 2 aromatic heterocycles. The van der Waals surface area contributed by atoms with Crippen molar-refractivity contribution in [1.82, 2.24) is 13.7 Å². The quantitative estimate of drug-likeness (QED) is 0.447. The zero-order valence-corrected chi connectivity index (χ0v) is 19.5. The maximum absolute atomic E-state index is 13.3. The van der Waals surface area contributed by atoms with Crippen LogP contribution < -0.4 is 10.1 Å². The van der Waals surface area contributed by atoms with E-state index >= 15 is 0 Å². The number of methoxy groups -OCH3 is 1. The van der Waals surface area contributed by atoms with Crippen LogP contribution in [0.4, 0.5) is 5.82 Å². The molecule has 0 atom stereocenters. The molecule has 2 aromatic carbocycles. The first-order chi connectivity index (χ1) is 16.0. The van der Waals surface area contributed by atoms with Crippen molar-refractivity contribution in [2.24, 2.45) is 0 Å². The molecule has 0 saturated carbocycles. The van der Waals surface area contributed by atoms with E-state index in [-0.39, 0.29) is 16.2 Å². The smallest absolute Gasteiger partial charge is 0.256 e. The Bertz CT molecular complexity index is 1420. The number of hydrogen-bond donors (Lipinski definition) is 1. The molecule has 3 heterocycles. The largest absolute Gasteiger partial charge is 0.495 e. The number of imidazole rings is 1. The summed E-state index contributed by atoms with van der Waals surface area (Å²) >= 11 is 1.46. The van der Waals surface area contributed by atoms with Crippen LogP contribution in [0.3, 0.4) is 0 Å². The van der Waals surface area contributed by atoms with Crippen LogP contribution in [0.5, 0.6) is 5.75 Å². The molecule has 4 aromatic rings. The van der Waals surface area contributed by atoms with Crippen molar-refractivity contribution in [2.45, 2.75) is 17.7 Å². The van der Waals surface area contributed by atoms with Crippen LogP contribution in [0.1, 0.15) is 23.2 Å². The fourth-order valence-electron chi connectivity index (χ4n) is 3.97.